The van der Waals surface area contributed by atoms with Crippen LogP contribution in [0.15, 0.2) is 24.3 Å². The summed E-state index contributed by atoms with van der Waals surface area (Å²) in [4.78, 5) is 15.1. The van der Waals surface area contributed by atoms with E-state index in [-0.39, 0.29) is 11.3 Å². The quantitative estimate of drug-likeness (QED) is 0.834. The van der Waals surface area contributed by atoms with Crippen LogP contribution in [0.4, 0.5) is 0 Å². The molecule has 1 unspecified atom stereocenters. The first-order valence-electron chi connectivity index (χ1n) is 10.3. The van der Waals surface area contributed by atoms with Gasteiger partial charge in [0.1, 0.15) is 0 Å². The van der Waals surface area contributed by atoms with E-state index in [2.05, 4.69) is 32.5 Å². The Kier molecular flexibility index (Phi) is 4.61. The monoisotopic (exact) mass is 391 g/mol. The van der Waals surface area contributed by atoms with Crippen molar-refractivity contribution in [2.45, 2.75) is 50.3 Å². The highest BCUT2D eigenvalue weighted by Crippen LogP contribution is 2.40. The lowest BCUT2D eigenvalue weighted by molar-refractivity contribution is 0.0508. The van der Waals surface area contributed by atoms with Crippen LogP contribution in [-0.4, -0.2) is 46.7 Å². The number of nitrogens with one attached hydrogen (secondary N) is 2. The normalized spacial score (nSPS) is 24.1. The average Bonchev–Trinajstić information content (AvgIpc) is 3.31. The lowest BCUT2D eigenvalue weighted by atomic mass is 9.80. The first-order valence-corrected chi connectivity index (χ1v) is 10.3. The lowest BCUT2D eigenvalue weighted by Crippen LogP contribution is -2.41. The molecule has 1 amide bonds. The number of nitrogens with zero attached hydrogens (tertiary/aromatic N) is 3. The minimum Gasteiger partial charge on any atom is -0.376 e. The van der Waals surface area contributed by atoms with Gasteiger partial charge in [0.25, 0.3) is 5.91 Å². The highest BCUT2D eigenvalue weighted by atomic mass is 16.5. The first kappa shape index (κ1) is 18.3. The smallest absolute Gasteiger partial charge is 0.272 e. The van der Waals surface area contributed by atoms with E-state index >= 15 is 0 Å². The molecule has 1 atom stereocenters. The van der Waals surface area contributed by atoms with E-state index in [1.54, 1.807) is 0 Å². The van der Waals surface area contributed by atoms with Crippen LogP contribution in [0, 0.1) is 11.3 Å². The number of nitriles is 1. The summed E-state index contributed by atoms with van der Waals surface area (Å²) in [6.07, 6.45) is 4.26. The number of fused-ring (bicyclic) bond motifs is 2. The third-order valence-electron chi connectivity index (χ3n) is 6.57. The average molecular weight is 391 g/mol. The molecule has 1 aliphatic carbocycles. The van der Waals surface area contributed by atoms with Crippen molar-refractivity contribution in [1.82, 2.24) is 20.4 Å². The third kappa shape index (κ3) is 3.33. The molecule has 1 saturated carbocycles. The van der Waals surface area contributed by atoms with Gasteiger partial charge in [-0.05, 0) is 49.9 Å². The largest absolute Gasteiger partial charge is 0.376 e. The number of carbonyl (C=O) groups is 1. The van der Waals surface area contributed by atoms with Crippen LogP contribution in [0.5, 0.6) is 0 Å². The Labute approximate surface area is 170 Å². The van der Waals surface area contributed by atoms with Gasteiger partial charge in [0.15, 0.2) is 5.69 Å². The first-order chi connectivity index (χ1) is 14.2. The molecule has 150 valence electrons. The van der Waals surface area contributed by atoms with Crippen LogP contribution in [0.2, 0.25) is 0 Å². The topological polar surface area (TPSA) is 94.0 Å². The summed E-state index contributed by atoms with van der Waals surface area (Å²) in [5.74, 6) is -0.0870. The highest BCUT2D eigenvalue weighted by molar-refractivity contribution is 5.94. The second-order valence-electron chi connectivity index (χ2n) is 8.57. The summed E-state index contributed by atoms with van der Waals surface area (Å²) >= 11 is 0. The molecule has 3 aliphatic rings. The number of H-pyrrole nitrogens is 1. The molecule has 0 bridgehead atoms. The standard InChI is InChI=1S/C22H25N5O2/c23-10-15-3-1-4-16(9-15)11-27-8-7-22(13-27)14-29-12-18-19(25-26-20(18)22)21(28)24-17-5-2-6-17/h1,3-4,9,17H,2,5-8,11-14H2,(H,24,28)(H,25,26). The predicted octanol–water partition coefficient (Wildman–Crippen LogP) is 2.24. The van der Waals surface area contributed by atoms with Crippen molar-refractivity contribution in [3.05, 3.63) is 52.3 Å². The highest BCUT2D eigenvalue weighted by Gasteiger charge is 2.46. The molecule has 1 aromatic heterocycles. The van der Waals surface area contributed by atoms with Crippen molar-refractivity contribution in [1.29, 1.82) is 5.26 Å². The molecule has 5 rings (SSSR count). The van der Waals surface area contributed by atoms with Crippen LogP contribution in [0.1, 0.15) is 58.6 Å². The lowest BCUT2D eigenvalue weighted by Gasteiger charge is -2.33. The Morgan fingerprint density at radius 3 is 3.14 bits per heavy atom. The zero-order valence-corrected chi connectivity index (χ0v) is 16.4. The van der Waals surface area contributed by atoms with Crippen LogP contribution in [-0.2, 0) is 23.3 Å². The molecule has 3 heterocycles. The zero-order chi connectivity index (χ0) is 19.8. The van der Waals surface area contributed by atoms with E-state index in [9.17, 15) is 4.79 Å². The maximum absolute atomic E-state index is 12.7. The molecule has 29 heavy (non-hydrogen) atoms. The maximum atomic E-state index is 12.7. The second-order valence-corrected chi connectivity index (χ2v) is 8.57. The Balaban J connectivity index is 1.33. The number of aromatic amines is 1. The summed E-state index contributed by atoms with van der Waals surface area (Å²) in [5.41, 5.74) is 4.16. The molecule has 7 heteroatoms. The van der Waals surface area contributed by atoms with E-state index < -0.39 is 0 Å². The fourth-order valence-electron chi connectivity index (χ4n) is 4.77. The summed E-state index contributed by atoms with van der Waals surface area (Å²) < 4.78 is 5.95. The summed E-state index contributed by atoms with van der Waals surface area (Å²) in [6.45, 7) is 3.67. The molecule has 2 aliphatic heterocycles. The van der Waals surface area contributed by atoms with Crippen molar-refractivity contribution in [3.63, 3.8) is 0 Å². The molecule has 2 N–H and O–H groups in total. The Bertz CT molecular complexity index is 974. The van der Waals surface area contributed by atoms with E-state index in [1.807, 2.05) is 18.2 Å². The number of carbonyl (C=O) groups excluding carboxylic acids is 1. The minimum atomic E-state index is -0.150. The number of rotatable bonds is 4. The van der Waals surface area contributed by atoms with Crippen LogP contribution in [0.3, 0.4) is 0 Å². The van der Waals surface area contributed by atoms with E-state index in [1.165, 1.54) is 6.42 Å². The molecular weight excluding hydrogens is 366 g/mol. The Hall–Kier alpha value is -2.69. The van der Waals surface area contributed by atoms with Crippen molar-refractivity contribution in [3.8, 4) is 6.07 Å². The molecule has 1 saturated heterocycles. The van der Waals surface area contributed by atoms with E-state index in [0.717, 1.165) is 55.7 Å². The van der Waals surface area contributed by atoms with Gasteiger partial charge in [0, 0.05) is 30.1 Å². The van der Waals surface area contributed by atoms with Crippen molar-refractivity contribution in [2.75, 3.05) is 19.7 Å². The number of hydrogen-bond acceptors (Lipinski definition) is 5. The van der Waals surface area contributed by atoms with Gasteiger partial charge < -0.3 is 10.1 Å². The summed E-state index contributed by atoms with van der Waals surface area (Å²) in [5, 5.41) is 19.8. The minimum absolute atomic E-state index is 0.0870. The fraction of sp³-hybridized carbons (Fsp3) is 0.500. The maximum Gasteiger partial charge on any atom is 0.272 e. The number of aromatic nitrogens is 2. The SMILES string of the molecule is N#Cc1cccc(CN2CCC3(COCc4c(C(=O)NC5CCC5)n[nH]c43)C2)c1. The van der Waals surface area contributed by atoms with Gasteiger partial charge in [-0.2, -0.15) is 10.4 Å². The van der Waals surface area contributed by atoms with E-state index in [0.29, 0.717) is 30.5 Å². The molecule has 2 fully saturated rings. The van der Waals surface area contributed by atoms with Crippen LogP contribution in [0.25, 0.3) is 0 Å². The third-order valence-corrected chi connectivity index (χ3v) is 6.57. The molecule has 1 aromatic carbocycles. The number of likely N-dealkylation sites (tertiary alicyclic amines) is 1. The Morgan fingerprint density at radius 1 is 1.45 bits per heavy atom. The van der Waals surface area contributed by atoms with Crippen molar-refractivity contribution < 1.29 is 9.53 Å². The van der Waals surface area contributed by atoms with Crippen molar-refractivity contribution in [2.24, 2.45) is 0 Å². The van der Waals surface area contributed by atoms with Gasteiger partial charge in [-0.1, -0.05) is 12.1 Å². The summed E-state index contributed by atoms with van der Waals surface area (Å²) in [6, 6.07) is 10.3. The van der Waals surface area contributed by atoms with Gasteiger partial charge >= 0.3 is 0 Å². The molecule has 7 nitrogen and oxygen atoms in total. The van der Waals surface area contributed by atoms with Gasteiger partial charge in [-0.3, -0.25) is 14.8 Å². The van der Waals surface area contributed by atoms with Crippen molar-refractivity contribution >= 4 is 5.91 Å². The molecule has 2 aromatic rings. The second kappa shape index (κ2) is 7.29. The van der Waals surface area contributed by atoms with Crippen LogP contribution >= 0.6 is 0 Å². The summed E-state index contributed by atoms with van der Waals surface area (Å²) in [7, 11) is 0. The number of ether oxygens (including phenoxy) is 1. The molecule has 0 radical (unpaired) electrons. The van der Waals surface area contributed by atoms with E-state index in [4.69, 9.17) is 10.00 Å². The number of hydrogen-bond donors (Lipinski definition) is 2. The van der Waals surface area contributed by atoms with Gasteiger partial charge in [0.05, 0.1) is 30.5 Å². The van der Waals surface area contributed by atoms with Gasteiger partial charge in [-0.25, -0.2) is 0 Å². The molecule has 1 spiro atoms. The zero-order valence-electron chi connectivity index (χ0n) is 16.4. The van der Waals surface area contributed by atoms with Crippen LogP contribution < -0.4 is 5.32 Å². The number of benzene rings is 1. The fourth-order valence-corrected chi connectivity index (χ4v) is 4.77. The molecular formula is C22H25N5O2. The van der Waals surface area contributed by atoms with Gasteiger partial charge in [-0.15, -0.1) is 0 Å². The van der Waals surface area contributed by atoms with Gasteiger partial charge in [0.2, 0.25) is 0 Å². The predicted molar refractivity (Wildman–Crippen MR) is 106 cm³/mol. The number of amides is 1. The Morgan fingerprint density at radius 2 is 2.34 bits per heavy atom.